The molecule has 0 aliphatic rings. The Hall–Kier alpha value is -0.270. The van der Waals surface area contributed by atoms with Gasteiger partial charge in [-0.2, -0.15) is 12.6 Å². The van der Waals surface area contributed by atoms with E-state index < -0.39 is 23.5 Å². The third-order valence-corrected chi connectivity index (χ3v) is 1.09. The number of thiol groups is 2. The monoisotopic (exact) mass is 199 g/mol. The summed E-state index contributed by atoms with van der Waals surface area (Å²) in [5, 5.41) is 0. The first-order chi connectivity index (χ1) is 5.13. The van der Waals surface area contributed by atoms with Crippen molar-refractivity contribution in [2.24, 2.45) is 5.73 Å². The van der Waals surface area contributed by atoms with Crippen molar-refractivity contribution >= 4 is 30.1 Å². The summed E-state index contributed by atoms with van der Waals surface area (Å²) in [6.45, 7) is 0. The van der Waals surface area contributed by atoms with Crippen LogP contribution in [0.25, 0.3) is 0 Å². The summed E-state index contributed by atoms with van der Waals surface area (Å²) in [5.41, 5.74) is 5.18. The number of nitrogens with two attached hydrogens (primary N) is 1. The largest absolute Gasteiger partial charge is 0.468 e. The molecule has 0 heterocycles. The predicted octanol–water partition coefficient (Wildman–Crippen LogP) is -0.674. The standard InChI is InChI=1S/C4H9NO2S.H2NOS/c1-7-4(6)3(5)2-8;1-3-2/h3,8H,2,5H2,1H3;1,3H/q;-1/t3-;/m0./s1. The second kappa shape index (κ2) is 9.73. The maximum absolute atomic E-state index is 10.3. The van der Waals surface area contributed by atoms with E-state index in [1.54, 1.807) is 0 Å². The van der Waals surface area contributed by atoms with Crippen LogP contribution in [0.4, 0.5) is 0 Å². The number of hydrogen-bond acceptors (Lipinski definition) is 7. The van der Waals surface area contributed by atoms with E-state index in [4.69, 9.17) is 14.7 Å². The van der Waals surface area contributed by atoms with Gasteiger partial charge >= 0.3 is 5.97 Å². The van der Waals surface area contributed by atoms with Crippen LogP contribution in [-0.4, -0.2) is 24.9 Å². The van der Waals surface area contributed by atoms with Crippen molar-refractivity contribution < 1.29 is 13.7 Å². The van der Waals surface area contributed by atoms with E-state index in [1.165, 1.54) is 7.11 Å². The van der Waals surface area contributed by atoms with Crippen LogP contribution in [0.2, 0.25) is 0 Å². The SMILES string of the molecule is COC(=O)[C@@H](N)CS.N=[SH-]=O. The van der Waals surface area contributed by atoms with Gasteiger partial charge in [-0.15, -0.1) is 0 Å². The van der Waals surface area contributed by atoms with Gasteiger partial charge in [0.15, 0.2) is 0 Å². The molecular formula is C4H11N2O3S2-. The fourth-order valence-corrected chi connectivity index (χ4v) is 0.375. The summed E-state index contributed by atoms with van der Waals surface area (Å²) in [7, 11) is 1.30. The van der Waals surface area contributed by atoms with Gasteiger partial charge in [0, 0.05) is 5.75 Å². The van der Waals surface area contributed by atoms with Crippen LogP contribution < -0.4 is 5.73 Å². The molecule has 68 valence electrons. The fraction of sp³-hybridized carbons (Fsp3) is 0.750. The Kier molecular flexibility index (Phi) is 11.8. The Morgan fingerprint density at radius 2 is 2.27 bits per heavy atom. The molecule has 0 bridgehead atoms. The summed E-state index contributed by atoms with van der Waals surface area (Å²) in [6.07, 6.45) is 0. The van der Waals surface area contributed by atoms with Gasteiger partial charge in [0.05, 0.1) is 7.11 Å². The third kappa shape index (κ3) is 9.73. The third-order valence-electron chi connectivity index (χ3n) is 0.701. The van der Waals surface area contributed by atoms with E-state index in [9.17, 15) is 4.79 Å². The number of methoxy groups -OCH3 is 1. The molecule has 0 unspecified atom stereocenters. The van der Waals surface area contributed by atoms with Gasteiger partial charge in [0.25, 0.3) is 0 Å². The second-order valence-electron chi connectivity index (χ2n) is 1.40. The maximum Gasteiger partial charge on any atom is 0.323 e. The molecule has 0 aromatic carbocycles. The number of rotatable bonds is 2. The van der Waals surface area contributed by atoms with Crippen LogP contribution in [0.1, 0.15) is 0 Å². The van der Waals surface area contributed by atoms with Crippen molar-refractivity contribution in [3.8, 4) is 0 Å². The molecule has 0 fully saturated rings. The normalized spacial score (nSPS) is 10.8. The molecule has 0 aromatic rings. The minimum Gasteiger partial charge on any atom is -0.468 e. The Balaban J connectivity index is 0. The van der Waals surface area contributed by atoms with E-state index in [2.05, 4.69) is 17.4 Å². The van der Waals surface area contributed by atoms with E-state index in [1.807, 2.05) is 0 Å². The highest BCUT2D eigenvalue weighted by molar-refractivity contribution is 7.80. The topological polar surface area (TPSA) is 93.2 Å². The molecule has 0 aromatic heterocycles. The van der Waals surface area contributed by atoms with Crippen molar-refractivity contribution in [2.45, 2.75) is 6.04 Å². The van der Waals surface area contributed by atoms with Crippen LogP contribution >= 0.6 is 12.6 Å². The van der Waals surface area contributed by atoms with Crippen molar-refractivity contribution in [3.05, 3.63) is 0 Å². The molecule has 0 radical (unpaired) electrons. The lowest BCUT2D eigenvalue weighted by molar-refractivity contribution is -0.141. The summed E-state index contributed by atoms with van der Waals surface area (Å²) in [6, 6.07) is -0.580. The molecule has 0 aliphatic heterocycles. The first kappa shape index (κ1) is 13.3. The van der Waals surface area contributed by atoms with Gasteiger partial charge in [-0.1, -0.05) is 0 Å². The number of carbonyl (C=O) groups is 1. The summed E-state index contributed by atoms with van der Waals surface area (Å²) >= 11 is 3.20. The second-order valence-corrected chi connectivity index (χ2v) is 1.95. The number of nitrogens with one attached hydrogen (secondary N) is 1. The van der Waals surface area contributed by atoms with Crippen LogP contribution in [-0.2, 0) is 25.2 Å². The summed E-state index contributed by atoms with van der Waals surface area (Å²) in [4.78, 5) is 10.3. The summed E-state index contributed by atoms with van der Waals surface area (Å²) < 4.78 is 18.5. The molecule has 0 aliphatic carbocycles. The van der Waals surface area contributed by atoms with Crippen LogP contribution in [0.15, 0.2) is 0 Å². The van der Waals surface area contributed by atoms with Crippen LogP contribution in [0.3, 0.4) is 0 Å². The van der Waals surface area contributed by atoms with Gasteiger partial charge in [0.1, 0.15) is 6.04 Å². The van der Waals surface area contributed by atoms with Crippen LogP contribution in [0.5, 0.6) is 0 Å². The van der Waals surface area contributed by atoms with Crippen molar-refractivity contribution in [1.29, 1.82) is 4.78 Å². The Labute approximate surface area is 73.7 Å². The molecule has 0 saturated heterocycles. The lowest BCUT2D eigenvalue weighted by atomic mass is 10.4. The van der Waals surface area contributed by atoms with E-state index in [-0.39, 0.29) is 0 Å². The number of carbonyl (C=O) groups excluding carboxylic acids is 1. The number of esters is 1. The van der Waals surface area contributed by atoms with E-state index in [0.717, 1.165) is 0 Å². The van der Waals surface area contributed by atoms with Gasteiger partial charge in [0.2, 0.25) is 0 Å². The average molecular weight is 199 g/mol. The molecule has 1 atom stereocenters. The Morgan fingerprint density at radius 1 is 1.91 bits per heavy atom. The highest BCUT2D eigenvalue weighted by Gasteiger charge is 2.09. The Morgan fingerprint density at radius 3 is 2.36 bits per heavy atom. The zero-order chi connectivity index (χ0) is 9.28. The molecule has 0 rings (SSSR count). The summed E-state index contributed by atoms with van der Waals surface area (Å²) in [5.74, 6) is -0.0906. The van der Waals surface area contributed by atoms with Gasteiger partial charge < -0.3 is 19.5 Å². The van der Waals surface area contributed by atoms with Crippen molar-refractivity contribution in [2.75, 3.05) is 12.9 Å². The average Bonchev–Trinajstić information content (AvgIpc) is 2.03. The predicted molar refractivity (Wildman–Crippen MR) is 46.0 cm³/mol. The van der Waals surface area contributed by atoms with Crippen LogP contribution in [0, 0.1) is 4.78 Å². The zero-order valence-corrected chi connectivity index (χ0v) is 7.77. The molecule has 0 saturated carbocycles. The first-order valence-corrected chi connectivity index (χ1v) is 4.01. The number of hydrogen-bond donors (Lipinski definition) is 3. The molecule has 11 heavy (non-hydrogen) atoms. The lowest BCUT2D eigenvalue weighted by Gasteiger charge is -2.02. The van der Waals surface area contributed by atoms with Gasteiger partial charge in [-0.25, -0.2) is 11.5 Å². The molecule has 0 amide bonds. The molecule has 0 spiro atoms. The smallest absolute Gasteiger partial charge is 0.323 e. The minimum atomic E-state index is -0.583. The highest BCUT2D eigenvalue weighted by Crippen LogP contribution is 1.84. The molecule has 7 heteroatoms. The van der Waals surface area contributed by atoms with E-state index >= 15 is 0 Å². The zero-order valence-electron chi connectivity index (χ0n) is 5.98. The highest BCUT2D eigenvalue weighted by atomic mass is 32.1. The van der Waals surface area contributed by atoms with Gasteiger partial charge in [-0.3, -0.25) is 4.79 Å². The minimum absolute atomic E-state index is 0.326. The van der Waals surface area contributed by atoms with Crippen molar-refractivity contribution in [3.63, 3.8) is 0 Å². The quantitative estimate of drug-likeness (QED) is 0.312. The lowest BCUT2D eigenvalue weighted by Crippen LogP contribution is -2.32. The Bertz CT molecular complexity index is 146. The maximum atomic E-state index is 10.3. The molecule has 5 nitrogen and oxygen atoms in total. The molecular weight excluding hydrogens is 188 g/mol. The molecule has 3 N–H and O–H groups in total. The van der Waals surface area contributed by atoms with E-state index in [0.29, 0.717) is 5.75 Å². The first-order valence-electron chi connectivity index (χ1n) is 2.57. The number of ether oxygens (including phenoxy) is 1. The fourth-order valence-electron chi connectivity index (χ4n) is 0.226. The van der Waals surface area contributed by atoms with Gasteiger partial charge in [-0.05, 0) is 0 Å². The van der Waals surface area contributed by atoms with Crippen molar-refractivity contribution in [1.82, 2.24) is 0 Å².